The fourth-order valence-electron chi connectivity index (χ4n) is 2.57. The normalized spacial score (nSPS) is 12.5. The van der Waals surface area contributed by atoms with E-state index in [1.807, 2.05) is 54.6 Å². The van der Waals surface area contributed by atoms with Crippen LogP contribution in [0.25, 0.3) is 0 Å². The maximum absolute atomic E-state index is 12.6. The Bertz CT molecular complexity index is 979. The van der Waals surface area contributed by atoms with E-state index in [2.05, 4.69) is 26.0 Å². The zero-order chi connectivity index (χ0) is 19.3. The van der Waals surface area contributed by atoms with Gasteiger partial charge in [0, 0.05) is 21.7 Å². The molecule has 1 atom stereocenters. The fourth-order valence-corrected chi connectivity index (χ4v) is 4.01. The van der Waals surface area contributed by atoms with Gasteiger partial charge in [-0.3, -0.25) is 0 Å². The van der Waals surface area contributed by atoms with Crippen LogP contribution in [0.3, 0.4) is 0 Å². The summed E-state index contributed by atoms with van der Waals surface area (Å²) < 4.78 is 28.8. The maximum atomic E-state index is 12.6. The minimum absolute atomic E-state index is 0.183. The van der Waals surface area contributed by atoms with E-state index in [1.54, 1.807) is 12.1 Å². The van der Waals surface area contributed by atoms with Crippen molar-refractivity contribution in [2.75, 3.05) is 11.9 Å². The quantitative estimate of drug-likeness (QED) is 0.502. The number of sulfonamides is 1. The lowest BCUT2D eigenvalue weighted by molar-refractivity contribution is 0.576. The summed E-state index contributed by atoms with van der Waals surface area (Å²) in [5.41, 5.74) is 1.89. The monoisotopic (exact) mass is 464 g/mol. The van der Waals surface area contributed by atoms with Crippen molar-refractivity contribution in [1.29, 1.82) is 0 Å². The van der Waals surface area contributed by atoms with Crippen molar-refractivity contribution in [3.63, 3.8) is 0 Å². The molecule has 0 heterocycles. The third-order valence-corrected chi connectivity index (χ3v) is 6.21. The Balaban J connectivity index is 1.79. The summed E-state index contributed by atoms with van der Waals surface area (Å²) in [6.07, 6.45) is 0. The summed E-state index contributed by atoms with van der Waals surface area (Å²) in [4.78, 5) is 0.183. The van der Waals surface area contributed by atoms with Crippen LogP contribution >= 0.6 is 27.5 Å². The molecule has 0 saturated heterocycles. The van der Waals surface area contributed by atoms with Crippen LogP contribution in [0, 0.1) is 0 Å². The molecule has 0 aliphatic heterocycles. The Kier molecular flexibility index (Phi) is 6.55. The van der Waals surface area contributed by atoms with Crippen molar-refractivity contribution in [3.05, 3.63) is 93.9 Å². The van der Waals surface area contributed by atoms with Gasteiger partial charge in [0.15, 0.2) is 0 Å². The highest BCUT2D eigenvalue weighted by molar-refractivity contribution is 9.10. The molecule has 0 aromatic heterocycles. The Morgan fingerprint density at radius 2 is 1.52 bits per heavy atom. The molecule has 4 nitrogen and oxygen atoms in total. The number of rotatable bonds is 7. The summed E-state index contributed by atoms with van der Waals surface area (Å²) >= 11 is 9.26. The minimum atomic E-state index is -3.64. The number of hydrogen-bond acceptors (Lipinski definition) is 3. The van der Waals surface area contributed by atoms with Crippen LogP contribution in [0.15, 0.2) is 88.2 Å². The Morgan fingerprint density at radius 1 is 0.889 bits per heavy atom. The first-order valence-electron chi connectivity index (χ1n) is 8.26. The summed E-state index contributed by atoms with van der Waals surface area (Å²) in [5.74, 6) is 0. The van der Waals surface area contributed by atoms with Crippen LogP contribution in [0.1, 0.15) is 11.6 Å². The molecule has 0 aliphatic carbocycles. The molecule has 0 bridgehead atoms. The Labute approximate surface area is 172 Å². The van der Waals surface area contributed by atoms with Crippen LogP contribution < -0.4 is 10.0 Å². The van der Waals surface area contributed by atoms with Gasteiger partial charge >= 0.3 is 0 Å². The molecular formula is C20H18BrClN2O2S. The van der Waals surface area contributed by atoms with Gasteiger partial charge < -0.3 is 5.32 Å². The predicted octanol–water partition coefficient (Wildman–Crippen LogP) is 5.23. The number of benzene rings is 3. The van der Waals surface area contributed by atoms with Crippen molar-refractivity contribution in [2.45, 2.75) is 10.9 Å². The average Bonchev–Trinajstić information content (AvgIpc) is 2.68. The molecule has 7 heteroatoms. The van der Waals surface area contributed by atoms with E-state index in [-0.39, 0.29) is 17.5 Å². The van der Waals surface area contributed by atoms with Gasteiger partial charge in [-0.1, -0.05) is 57.9 Å². The largest absolute Gasteiger partial charge is 0.377 e. The molecule has 0 radical (unpaired) electrons. The van der Waals surface area contributed by atoms with Crippen molar-refractivity contribution < 1.29 is 8.42 Å². The van der Waals surface area contributed by atoms with Crippen LogP contribution in [0.4, 0.5) is 5.69 Å². The van der Waals surface area contributed by atoms with Crippen molar-refractivity contribution in [3.8, 4) is 0 Å². The molecule has 3 rings (SSSR count). The van der Waals surface area contributed by atoms with Crippen molar-refractivity contribution in [2.24, 2.45) is 0 Å². The molecule has 27 heavy (non-hydrogen) atoms. The minimum Gasteiger partial charge on any atom is -0.377 e. The van der Waals surface area contributed by atoms with Gasteiger partial charge in [-0.2, -0.15) is 0 Å². The molecule has 0 fully saturated rings. The SMILES string of the molecule is O=S(=O)(NC[C@H](Nc1ccc(Br)cc1)c1ccccc1)c1ccc(Cl)cc1. The van der Waals surface area contributed by atoms with E-state index in [0.717, 1.165) is 15.7 Å². The van der Waals surface area contributed by atoms with Gasteiger partial charge in [-0.25, -0.2) is 13.1 Å². The van der Waals surface area contributed by atoms with Crippen molar-refractivity contribution in [1.82, 2.24) is 4.72 Å². The van der Waals surface area contributed by atoms with E-state index < -0.39 is 10.0 Å². The Hall–Kier alpha value is -1.86. The van der Waals surface area contributed by atoms with Gasteiger partial charge in [0.05, 0.1) is 10.9 Å². The zero-order valence-corrected chi connectivity index (χ0v) is 17.4. The molecule has 0 saturated carbocycles. The number of nitrogens with one attached hydrogen (secondary N) is 2. The van der Waals surface area contributed by atoms with E-state index in [4.69, 9.17) is 11.6 Å². The van der Waals surface area contributed by atoms with Crippen molar-refractivity contribution >= 4 is 43.2 Å². The molecule has 0 amide bonds. The first-order valence-corrected chi connectivity index (χ1v) is 10.9. The highest BCUT2D eigenvalue weighted by atomic mass is 79.9. The van der Waals surface area contributed by atoms with Gasteiger partial charge in [-0.15, -0.1) is 0 Å². The molecular weight excluding hydrogens is 448 g/mol. The van der Waals surface area contributed by atoms with E-state index in [1.165, 1.54) is 12.1 Å². The first kappa shape index (κ1) is 19.9. The van der Waals surface area contributed by atoms with Crippen LogP contribution in [0.2, 0.25) is 5.02 Å². The smallest absolute Gasteiger partial charge is 0.240 e. The first-order chi connectivity index (χ1) is 12.9. The molecule has 140 valence electrons. The Morgan fingerprint density at radius 3 is 2.15 bits per heavy atom. The zero-order valence-electron chi connectivity index (χ0n) is 14.3. The van der Waals surface area contributed by atoms with E-state index in [0.29, 0.717) is 5.02 Å². The topological polar surface area (TPSA) is 58.2 Å². The summed E-state index contributed by atoms with van der Waals surface area (Å²) in [6, 6.07) is 23.3. The second kappa shape index (κ2) is 8.89. The second-order valence-electron chi connectivity index (χ2n) is 5.92. The van der Waals surface area contributed by atoms with Gasteiger partial charge in [-0.05, 0) is 54.1 Å². The molecule has 0 aliphatic rings. The van der Waals surface area contributed by atoms with Crippen LogP contribution in [0.5, 0.6) is 0 Å². The number of halogens is 2. The summed E-state index contributed by atoms with van der Waals surface area (Å²) in [7, 11) is -3.64. The number of anilines is 1. The number of hydrogen-bond donors (Lipinski definition) is 2. The molecule has 3 aromatic rings. The molecule has 3 aromatic carbocycles. The highest BCUT2D eigenvalue weighted by Crippen LogP contribution is 2.22. The van der Waals surface area contributed by atoms with Gasteiger partial charge in [0.25, 0.3) is 0 Å². The van der Waals surface area contributed by atoms with E-state index in [9.17, 15) is 8.42 Å². The summed E-state index contributed by atoms with van der Waals surface area (Å²) in [6.45, 7) is 0.199. The fraction of sp³-hybridized carbons (Fsp3) is 0.100. The van der Waals surface area contributed by atoms with Crippen LogP contribution in [-0.4, -0.2) is 15.0 Å². The molecule has 0 spiro atoms. The lowest BCUT2D eigenvalue weighted by atomic mass is 10.1. The standard InChI is InChI=1S/C20H18BrClN2O2S/c21-16-6-10-18(11-7-16)24-20(15-4-2-1-3-5-15)14-23-27(25,26)19-12-8-17(22)9-13-19/h1-13,20,23-24H,14H2/t20-/m0/s1. The summed E-state index contributed by atoms with van der Waals surface area (Å²) in [5, 5.41) is 3.88. The maximum Gasteiger partial charge on any atom is 0.240 e. The third kappa shape index (κ3) is 5.56. The van der Waals surface area contributed by atoms with Gasteiger partial charge in [0.2, 0.25) is 10.0 Å². The van der Waals surface area contributed by atoms with Crippen LogP contribution in [-0.2, 0) is 10.0 Å². The molecule has 2 N–H and O–H groups in total. The average molecular weight is 466 g/mol. The highest BCUT2D eigenvalue weighted by Gasteiger charge is 2.18. The van der Waals surface area contributed by atoms with Gasteiger partial charge in [0.1, 0.15) is 0 Å². The second-order valence-corrected chi connectivity index (χ2v) is 9.04. The third-order valence-electron chi connectivity index (χ3n) is 3.99. The van der Waals surface area contributed by atoms with E-state index >= 15 is 0 Å². The lowest BCUT2D eigenvalue weighted by Gasteiger charge is -2.21. The molecule has 0 unspecified atom stereocenters. The predicted molar refractivity (Wildman–Crippen MR) is 114 cm³/mol. The lowest BCUT2D eigenvalue weighted by Crippen LogP contribution is -2.31.